The van der Waals surface area contributed by atoms with Crippen molar-refractivity contribution in [3.05, 3.63) is 28.8 Å². The molecule has 1 aliphatic carbocycles. The average molecular weight is 227 g/mol. The number of halogens is 1. The Labute approximate surface area is 94.8 Å². The number of aliphatic hydroxyl groups excluding tert-OH is 1. The van der Waals surface area contributed by atoms with Gasteiger partial charge in [-0.1, -0.05) is 17.7 Å². The predicted octanol–water partition coefficient (Wildman–Crippen LogP) is 2.94. The van der Waals surface area contributed by atoms with E-state index in [9.17, 15) is 5.11 Å². The minimum atomic E-state index is -0.330. The maximum Gasteiger partial charge on any atom is 0.124 e. The van der Waals surface area contributed by atoms with Crippen LogP contribution in [0.5, 0.6) is 5.75 Å². The molecule has 0 bridgehead atoms. The molecule has 0 spiro atoms. The van der Waals surface area contributed by atoms with Crippen molar-refractivity contribution in [2.24, 2.45) is 0 Å². The number of hydrogen-bond donors (Lipinski definition) is 1. The van der Waals surface area contributed by atoms with Gasteiger partial charge in [0.25, 0.3) is 0 Å². The summed E-state index contributed by atoms with van der Waals surface area (Å²) in [4.78, 5) is 0. The minimum absolute atomic E-state index is 0.0674. The zero-order valence-electron chi connectivity index (χ0n) is 8.74. The van der Waals surface area contributed by atoms with Crippen LogP contribution in [-0.2, 0) is 0 Å². The van der Waals surface area contributed by atoms with Crippen molar-refractivity contribution in [3.63, 3.8) is 0 Å². The number of hydrogen-bond acceptors (Lipinski definition) is 2. The summed E-state index contributed by atoms with van der Waals surface area (Å²) in [6, 6.07) is 5.58. The molecule has 15 heavy (non-hydrogen) atoms. The van der Waals surface area contributed by atoms with E-state index < -0.39 is 0 Å². The highest BCUT2D eigenvalue weighted by atomic mass is 35.5. The molecule has 1 saturated carbocycles. The van der Waals surface area contributed by atoms with Crippen molar-refractivity contribution in [1.82, 2.24) is 0 Å². The molecule has 1 fully saturated rings. The van der Waals surface area contributed by atoms with E-state index >= 15 is 0 Å². The van der Waals surface area contributed by atoms with E-state index in [0.717, 1.165) is 30.6 Å². The third-order valence-electron chi connectivity index (χ3n) is 2.85. The normalized spacial score (nSPS) is 25.5. The summed E-state index contributed by atoms with van der Waals surface area (Å²) in [5.41, 5.74) is 1.05. The van der Waals surface area contributed by atoms with Gasteiger partial charge >= 0.3 is 0 Å². The smallest absolute Gasteiger partial charge is 0.124 e. The zero-order valence-corrected chi connectivity index (χ0v) is 9.50. The van der Waals surface area contributed by atoms with E-state index in [4.69, 9.17) is 16.3 Å². The summed E-state index contributed by atoms with van der Waals surface area (Å²) in [6.45, 7) is 1.98. The number of ether oxygens (including phenoxy) is 1. The fourth-order valence-corrected chi connectivity index (χ4v) is 2.07. The maximum atomic E-state index is 9.65. The Hall–Kier alpha value is -0.730. The van der Waals surface area contributed by atoms with Crippen LogP contribution in [0.4, 0.5) is 0 Å². The molecule has 0 aliphatic heterocycles. The van der Waals surface area contributed by atoms with Gasteiger partial charge in [0.2, 0.25) is 0 Å². The lowest BCUT2D eigenvalue weighted by Gasteiger charge is -2.18. The van der Waals surface area contributed by atoms with Gasteiger partial charge in [-0.05, 0) is 43.9 Å². The highest BCUT2D eigenvalue weighted by molar-refractivity contribution is 6.30. The molecule has 0 heterocycles. The number of aliphatic hydroxyl groups is 1. The Morgan fingerprint density at radius 3 is 2.87 bits per heavy atom. The summed E-state index contributed by atoms with van der Waals surface area (Å²) >= 11 is 5.90. The molecule has 0 aromatic heterocycles. The van der Waals surface area contributed by atoms with Crippen molar-refractivity contribution < 1.29 is 9.84 Å². The predicted molar refractivity (Wildman–Crippen MR) is 60.5 cm³/mol. The Balaban J connectivity index is 2.12. The first-order valence-corrected chi connectivity index (χ1v) is 5.65. The molecule has 1 aromatic rings. The van der Waals surface area contributed by atoms with Crippen LogP contribution < -0.4 is 4.74 Å². The number of aryl methyl sites for hydroxylation is 1. The van der Waals surface area contributed by atoms with Crippen LogP contribution in [0.25, 0.3) is 0 Å². The van der Waals surface area contributed by atoms with Gasteiger partial charge < -0.3 is 9.84 Å². The Morgan fingerprint density at radius 2 is 2.20 bits per heavy atom. The van der Waals surface area contributed by atoms with Crippen molar-refractivity contribution in [1.29, 1.82) is 0 Å². The molecular weight excluding hydrogens is 212 g/mol. The molecule has 0 saturated heterocycles. The minimum Gasteiger partial charge on any atom is -0.487 e. The molecule has 1 N–H and O–H groups in total. The molecule has 0 amide bonds. The second-order valence-corrected chi connectivity index (χ2v) is 4.50. The summed E-state index contributed by atoms with van der Waals surface area (Å²) in [6.07, 6.45) is 2.40. The topological polar surface area (TPSA) is 29.5 Å². The van der Waals surface area contributed by atoms with Gasteiger partial charge in [0, 0.05) is 5.02 Å². The van der Waals surface area contributed by atoms with E-state index in [2.05, 4.69) is 0 Å². The molecule has 82 valence electrons. The van der Waals surface area contributed by atoms with Crippen molar-refractivity contribution in [2.45, 2.75) is 38.4 Å². The van der Waals surface area contributed by atoms with Crippen LogP contribution in [0.15, 0.2) is 18.2 Å². The second kappa shape index (κ2) is 4.42. The monoisotopic (exact) mass is 226 g/mol. The molecule has 2 atom stereocenters. The molecule has 1 aliphatic rings. The van der Waals surface area contributed by atoms with Gasteiger partial charge in [0.15, 0.2) is 0 Å². The zero-order chi connectivity index (χ0) is 10.8. The molecule has 2 nitrogen and oxygen atoms in total. The second-order valence-electron chi connectivity index (χ2n) is 4.06. The molecule has 1 aromatic carbocycles. The fourth-order valence-electron chi connectivity index (χ4n) is 1.91. The van der Waals surface area contributed by atoms with Crippen molar-refractivity contribution in [2.75, 3.05) is 0 Å². The third-order valence-corrected chi connectivity index (χ3v) is 3.08. The van der Waals surface area contributed by atoms with Gasteiger partial charge in [-0.3, -0.25) is 0 Å². The summed E-state index contributed by atoms with van der Waals surface area (Å²) in [5.74, 6) is 0.786. The van der Waals surface area contributed by atoms with Crippen LogP contribution >= 0.6 is 11.6 Å². The lowest BCUT2D eigenvalue weighted by molar-refractivity contribution is 0.0600. The van der Waals surface area contributed by atoms with E-state index in [1.165, 1.54) is 0 Å². The average Bonchev–Trinajstić information content (AvgIpc) is 2.58. The molecule has 2 unspecified atom stereocenters. The lowest BCUT2D eigenvalue weighted by Crippen LogP contribution is -2.25. The van der Waals surface area contributed by atoms with E-state index in [1.54, 1.807) is 0 Å². The van der Waals surface area contributed by atoms with Crippen LogP contribution in [0.2, 0.25) is 5.02 Å². The first-order valence-electron chi connectivity index (χ1n) is 5.27. The van der Waals surface area contributed by atoms with Gasteiger partial charge in [-0.15, -0.1) is 0 Å². The number of benzene rings is 1. The van der Waals surface area contributed by atoms with Gasteiger partial charge in [0.1, 0.15) is 11.9 Å². The van der Waals surface area contributed by atoms with Crippen molar-refractivity contribution >= 4 is 11.6 Å². The molecular formula is C12H15ClO2. The first-order chi connectivity index (χ1) is 7.16. The van der Waals surface area contributed by atoms with Crippen molar-refractivity contribution in [3.8, 4) is 5.75 Å². The highest BCUT2D eigenvalue weighted by Crippen LogP contribution is 2.28. The largest absolute Gasteiger partial charge is 0.487 e. The lowest BCUT2D eigenvalue weighted by atomic mass is 10.2. The van der Waals surface area contributed by atoms with Crippen LogP contribution in [0.3, 0.4) is 0 Å². The summed E-state index contributed by atoms with van der Waals surface area (Å²) < 4.78 is 5.76. The summed E-state index contributed by atoms with van der Waals surface area (Å²) in [7, 11) is 0. The molecule has 0 radical (unpaired) electrons. The van der Waals surface area contributed by atoms with E-state index in [1.807, 2.05) is 25.1 Å². The maximum absolute atomic E-state index is 9.65. The van der Waals surface area contributed by atoms with E-state index in [-0.39, 0.29) is 12.2 Å². The highest BCUT2D eigenvalue weighted by Gasteiger charge is 2.27. The Bertz CT molecular complexity index is 351. The SMILES string of the molecule is Cc1ccc(Cl)cc1OC1CCCC1O. The van der Waals surface area contributed by atoms with Gasteiger partial charge in [-0.25, -0.2) is 0 Å². The quantitative estimate of drug-likeness (QED) is 0.840. The van der Waals surface area contributed by atoms with Crippen LogP contribution in [0.1, 0.15) is 24.8 Å². The van der Waals surface area contributed by atoms with E-state index in [0.29, 0.717) is 5.02 Å². The fraction of sp³-hybridized carbons (Fsp3) is 0.500. The van der Waals surface area contributed by atoms with Crippen LogP contribution in [-0.4, -0.2) is 17.3 Å². The van der Waals surface area contributed by atoms with Crippen LogP contribution in [0, 0.1) is 6.92 Å². The standard InChI is InChI=1S/C12H15ClO2/c1-8-5-6-9(13)7-12(8)15-11-4-2-3-10(11)14/h5-7,10-11,14H,2-4H2,1H3. The number of rotatable bonds is 2. The third kappa shape index (κ3) is 2.44. The Morgan fingerprint density at radius 1 is 1.40 bits per heavy atom. The molecule has 3 heteroatoms. The Kier molecular flexibility index (Phi) is 3.17. The van der Waals surface area contributed by atoms with Gasteiger partial charge in [-0.2, -0.15) is 0 Å². The van der Waals surface area contributed by atoms with Gasteiger partial charge in [0.05, 0.1) is 6.10 Å². The summed E-state index contributed by atoms with van der Waals surface area (Å²) in [5, 5.41) is 10.3. The molecule has 2 rings (SSSR count). The first kappa shape index (κ1) is 10.8.